The van der Waals surface area contributed by atoms with E-state index in [0.29, 0.717) is 25.9 Å². The number of carbonyl (C=O) groups excluding carboxylic acids is 1. The van der Waals surface area contributed by atoms with E-state index in [0.717, 1.165) is 6.07 Å². The number of rotatable bonds is 5. The Morgan fingerprint density at radius 1 is 1.35 bits per heavy atom. The first kappa shape index (κ1) is 20.7. The second kappa shape index (κ2) is 7.93. The molecule has 0 spiro atoms. The van der Waals surface area contributed by atoms with Crippen LogP contribution in [-0.4, -0.2) is 50.5 Å². The van der Waals surface area contributed by atoms with Gasteiger partial charge >= 0.3 is 6.18 Å². The summed E-state index contributed by atoms with van der Waals surface area (Å²) < 4.78 is 63.4. The average molecular weight is 393 g/mol. The fourth-order valence-electron chi connectivity index (χ4n) is 2.87. The molecule has 0 saturated carbocycles. The van der Waals surface area contributed by atoms with Crippen molar-refractivity contribution in [2.45, 2.75) is 36.9 Å². The molecule has 1 unspecified atom stereocenters. The highest BCUT2D eigenvalue weighted by atomic mass is 32.2. The summed E-state index contributed by atoms with van der Waals surface area (Å²) >= 11 is 0. The average Bonchev–Trinajstić information content (AvgIpc) is 2.59. The van der Waals surface area contributed by atoms with Crippen molar-refractivity contribution in [2.75, 3.05) is 19.6 Å². The maximum atomic E-state index is 12.7. The quantitative estimate of drug-likeness (QED) is 0.797. The van der Waals surface area contributed by atoms with E-state index >= 15 is 0 Å². The summed E-state index contributed by atoms with van der Waals surface area (Å²) in [5, 5.41) is 1.73. The summed E-state index contributed by atoms with van der Waals surface area (Å²) in [4.78, 5) is 11.7. The summed E-state index contributed by atoms with van der Waals surface area (Å²) in [6, 6.07) is 5.02. The lowest BCUT2D eigenvalue weighted by atomic mass is 9.92. The van der Waals surface area contributed by atoms with E-state index in [4.69, 9.17) is 5.73 Å². The zero-order valence-corrected chi connectivity index (χ0v) is 15.1. The van der Waals surface area contributed by atoms with Crippen molar-refractivity contribution in [1.29, 1.82) is 0 Å². The second-order valence-electron chi connectivity index (χ2n) is 6.43. The predicted molar refractivity (Wildman–Crippen MR) is 90.0 cm³/mol. The van der Waals surface area contributed by atoms with Crippen LogP contribution in [-0.2, 0) is 10.0 Å². The van der Waals surface area contributed by atoms with Crippen molar-refractivity contribution in [1.82, 2.24) is 9.62 Å². The first-order chi connectivity index (χ1) is 12.0. The Kier molecular flexibility index (Phi) is 6.30. The molecular formula is C16H22F3N3O3S. The molecule has 1 fully saturated rings. The zero-order chi connectivity index (χ0) is 19.5. The number of nitrogens with one attached hydrogen (secondary N) is 1. The zero-order valence-electron chi connectivity index (χ0n) is 14.3. The monoisotopic (exact) mass is 393 g/mol. The standard InChI is InChI=1S/C16H22F3N3O3S/c1-11(20)12-5-7-22(8-6-12)26(24,25)14-4-2-3-13(9-14)15(23)21-10-16(17,18)19/h2-4,9,11-12H,5-8,10,20H2,1H3,(H,21,23). The van der Waals surface area contributed by atoms with Crippen LogP contribution in [0.3, 0.4) is 0 Å². The van der Waals surface area contributed by atoms with E-state index in [9.17, 15) is 26.4 Å². The summed E-state index contributed by atoms with van der Waals surface area (Å²) in [6.07, 6.45) is -3.25. The number of hydrogen-bond acceptors (Lipinski definition) is 4. The molecule has 1 atom stereocenters. The number of benzene rings is 1. The highest BCUT2D eigenvalue weighted by Crippen LogP contribution is 2.25. The Bertz CT molecular complexity index is 743. The maximum Gasteiger partial charge on any atom is 0.405 e. The van der Waals surface area contributed by atoms with Crippen molar-refractivity contribution >= 4 is 15.9 Å². The smallest absolute Gasteiger partial charge is 0.343 e. The summed E-state index contributed by atoms with van der Waals surface area (Å²) in [5.74, 6) is -0.726. The van der Waals surface area contributed by atoms with Gasteiger partial charge in [0.2, 0.25) is 10.0 Å². The van der Waals surface area contributed by atoms with Gasteiger partial charge in [0.1, 0.15) is 6.54 Å². The third-order valence-corrected chi connectivity index (χ3v) is 6.32. The van der Waals surface area contributed by atoms with Gasteiger partial charge in [0.05, 0.1) is 4.90 Å². The maximum absolute atomic E-state index is 12.7. The topological polar surface area (TPSA) is 92.5 Å². The van der Waals surface area contributed by atoms with Gasteiger partial charge in [-0.25, -0.2) is 8.42 Å². The van der Waals surface area contributed by atoms with E-state index in [1.807, 2.05) is 6.92 Å². The van der Waals surface area contributed by atoms with Crippen molar-refractivity contribution < 1.29 is 26.4 Å². The number of alkyl halides is 3. The van der Waals surface area contributed by atoms with Crippen molar-refractivity contribution in [3.8, 4) is 0 Å². The molecule has 1 amide bonds. The van der Waals surface area contributed by atoms with Gasteiger partial charge in [-0.3, -0.25) is 4.79 Å². The largest absolute Gasteiger partial charge is 0.405 e. The third kappa shape index (κ3) is 5.18. The summed E-state index contributed by atoms with van der Waals surface area (Å²) in [7, 11) is -3.82. The van der Waals surface area contributed by atoms with Crippen molar-refractivity contribution in [3.63, 3.8) is 0 Å². The molecule has 1 aliphatic heterocycles. The summed E-state index contributed by atoms with van der Waals surface area (Å²) in [6.45, 7) is 1.05. The molecule has 0 radical (unpaired) electrons. The van der Waals surface area contributed by atoms with E-state index in [1.165, 1.54) is 22.5 Å². The number of nitrogens with two attached hydrogens (primary N) is 1. The first-order valence-corrected chi connectivity index (χ1v) is 9.65. The van der Waals surface area contributed by atoms with Gasteiger partial charge in [0, 0.05) is 24.7 Å². The van der Waals surface area contributed by atoms with Crippen LogP contribution in [0.15, 0.2) is 29.2 Å². The fraction of sp³-hybridized carbons (Fsp3) is 0.562. The van der Waals surface area contributed by atoms with E-state index in [-0.39, 0.29) is 22.4 Å². The van der Waals surface area contributed by atoms with Crippen LogP contribution >= 0.6 is 0 Å². The molecule has 2 rings (SSSR count). The molecule has 1 heterocycles. The molecular weight excluding hydrogens is 371 g/mol. The van der Waals surface area contributed by atoms with Gasteiger partial charge in [-0.05, 0) is 43.9 Å². The van der Waals surface area contributed by atoms with Gasteiger partial charge < -0.3 is 11.1 Å². The molecule has 146 valence electrons. The number of amides is 1. The third-order valence-electron chi connectivity index (χ3n) is 4.43. The normalized spacial score (nSPS) is 18.5. The van der Waals surface area contributed by atoms with Crippen LogP contribution < -0.4 is 11.1 Å². The van der Waals surface area contributed by atoms with E-state index < -0.39 is 28.7 Å². The van der Waals surface area contributed by atoms with Gasteiger partial charge in [-0.15, -0.1) is 0 Å². The predicted octanol–water partition coefficient (Wildman–Crippen LogP) is 1.73. The second-order valence-corrected chi connectivity index (χ2v) is 8.36. The van der Waals surface area contributed by atoms with Gasteiger partial charge in [0.15, 0.2) is 0 Å². The molecule has 1 aliphatic rings. The number of nitrogens with zero attached hydrogens (tertiary/aromatic N) is 1. The first-order valence-electron chi connectivity index (χ1n) is 8.21. The molecule has 0 aliphatic carbocycles. The van der Waals surface area contributed by atoms with Crippen LogP contribution in [0.2, 0.25) is 0 Å². The molecule has 1 aromatic rings. The lowest BCUT2D eigenvalue weighted by Crippen LogP contribution is -2.42. The number of hydrogen-bond donors (Lipinski definition) is 2. The highest BCUT2D eigenvalue weighted by molar-refractivity contribution is 7.89. The SMILES string of the molecule is CC(N)C1CCN(S(=O)(=O)c2cccc(C(=O)NCC(F)(F)F)c2)CC1. The lowest BCUT2D eigenvalue weighted by molar-refractivity contribution is -0.123. The van der Waals surface area contributed by atoms with Gasteiger partial charge in [0.25, 0.3) is 5.91 Å². The molecule has 1 saturated heterocycles. The number of piperidine rings is 1. The molecule has 10 heteroatoms. The highest BCUT2D eigenvalue weighted by Gasteiger charge is 2.31. The molecule has 0 bridgehead atoms. The van der Waals surface area contributed by atoms with Crippen molar-refractivity contribution in [2.24, 2.45) is 11.7 Å². The molecule has 3 N–H and O–H groups in total. The summed E-state index contributed by atoms with van der Waals surface area (Å²) in [5.41, 5.74) is 5.71. The van der Waals surface area contributed by atoms with E-state index in [1.54, 1.807) is 5.32 Å². The van der Waals surface area contributed by atoms with Crippen LogP contribution in [0, 0.1) is 5.92 Å². The minimum atomic E-state index is -4.54. The minimum Gasteiger partial charge on any atom is -0.343 e. The Balaban J connectivity index is 2.12. The van der Waals surface area contributed by atoms with Crippen LogP contribution in [0.1, 0.15) is 30.1 Å². The number of carbonyl (C=O) groups is 1. The van der Waals surface area contributed by atoms with Crippen molar-refractivity contribution in [3.05, 3.63) is 29.8 Å². The molecule has 1 aromatic carbocycles. The van der Waals surface area contributed by atoms with Crippen LogP contribution in [0.5, 0.6) is 0 Å². The Hall–Kier alpha value is -1.65. The molecule has 0 aromatic heterocycles. The van der Waals surface area contributed by atoms with Gasteiger partial charge in [-0.2, -0.15) is 17.5 Å². The Morgan fingerprint density at radius 3 is 2.50 bits per heavy atom. The van der Waals surface area contributed by atoms with E-state index in [2.05, 4.69) is 0 Å². The fourth-order valence-corrected chi connectivity index (χ4v) is 4.39. The minimum absolute atomic E-state index is 0.0134. The molecule has 26 heavy (non-hydrogen) atoms. The lowest BCUT2D eigenvalue weighted by Gasteiger charge is -2.33. The van der Waals surface area contributed by atoms with Crippen LogP contribution in [0.4, 0.5) is 13.2 Å². The van der Waals surface area contributed by atoms with Crippen LogP contribution in [0.25, 0.3) is 0 Å². The number of sulfonamides is 1. The Morgan fingerprint density at radius 2 is 1.96 bits per heavy atom. The Labute approximate surface area is 150 Å². The molecule has 6 nitrogen and oxygen atoms in total. The van der Waals surface area contributed by atoms with Gasteiger partial charge in [-0.1, -0.05) is 6.07 Å². The number of halogens is 3.